The summed E-state index contributed by atoms with van der Waals surface area (Å²) in [5, 5.41) is 0. The minimum absolute atomic E-state index is 0.0685. The van der Waals surface area contributed by atoms with Gasteiger partial charge in [0, 0.05) is 12.6 Å². The predicted molar refractivity (Wildman–Crippen MR) is 107 cm³/mol. The summed E-state index contributed by atoms with van der Waals surface area (Å²) in [6, 6.07) is 0.160. The third-order valence-corrected chi connectivity index (χ3v) is 6.64. The normalized spacial score (nSPS) is 19.0. The lowest BCUT2D eigenvalue weighted by Crippen LogP contribution is -2.44. The van der Waals surface area contributed by atoms with E-state index in [9.17, 15) is 0 Å². The standard InChI is InChI=1S/C21H46N2O/c1-15(12-22)20(7,8)11-18(23)17(3)21(9,10)14-24-13-16(2)19(4,5)6/h15-18H,11-14,22-23H2,1-10H3/t15-,16?,17+,18?/m0/s1. The number of hydrogen-bond donors (Lipinski definition) is 2. The molecule has 3 heteroatoms. The second kappa shape index (κ2) is 9.00. The maximum atomic E-state index is 6.59. The highest BCUT2D eigenvalue weighted by Gasteiger charge is 2.35. The van der Waals surface area contributed by atoms with Gasteiger partial charge in [0.2, 0.25) is 0 Å². The summed E-state index contributed by atoms with van der Waals surface area (Å²) >= 11 is 0. The molecule has 0 aliphatic rings. The van der Waals surface area contributed by atoms with Crippen LogP contribution in [0.2, 0.25) is 0 Å². The van der Waals surface area contributed by atoms with E-state index in [-0.39, 0.29) is 22.3 Å². The van der Waals surface area contributed by atoms with E-state index in [4.69, 9.17) is 16.2 Å². The number of ether oxygens (including phenoxy) is 1. The van der Waals surface area contributed by atoms with Gasteiger partial charge in [-0.25, -0.2) is 0 Å². The summed E-state index contributed by atoms with van der Waals surface area (Å²) in [4.78, 5) is 0. The summed E-state index contributed by atoms with van der Waals surface area (Å²) in [6.07, 6.45) is 0.994. The molecule has 0 saturated carbocycles. The van der Waals surface area contributed by atoms with Crippen molar-refractivity contribution < 1.29 is 4.74 Å². The lowest BCUT2D eigenvalue weighted by atomic mass is 9.69. The first kappa shape index (κ1) is 23.9. The van der Waals surface area contributed by atoms with Crippen molar-refractivity contribution in [2.75, 3.05) is 19.8 Å². The SMILES string of the molecule is CC(COCC(C)(C)[C@H](C)C(N)CC(C)(C)[C@@H](C)CN)C(C)(C)C. The molecule has 0 aliphatic heterocycles. The van der Waals surface area contributed by atoms with Gasteiger partial charge < -0.3 is 16.2 Å². The molecular weight excluding hydrogens is 296 g/mol. The fraction of sp³-hybridized carbons (Fsp3) is 1.00. The summed E-state index contributed by atoms with van der Waals surface area (Å²) < 4.78 is 6.08. The Morgan fingerprint density at radius 3 is 1.75 bits per heavy atom. The van der Waals surface area contributed by atoms with Crippen molar-refractivity contribution in [3.05, 3.63) is 0 Å². The van der Waals surface area contributed by atoms with Crippen molar-refractivity contribution in [2.45, 2.75) is 81.7 Å². The zero-order chi connectivity index (χ0) is 19.3. The van der Waals surface area contributed by atoms with Gasteiger partial charge in [0.05, 0.1) is 6.61 Å². The van der Waals surface area contributed by atoms with Crippen molar-refractivity contribution in [2.24, 2.45) is 45.5 Å². The Balaban J connectivity index is 4.62. The van der Waals surface area contributed by atoms with E-state index < -0.39 is 0 Å². The molecule has 2 unspecified atom stereocenters. The van der Waals surface area contributed by atoms with Crippen LogP contribution in [0.5, 0.6) is 0 Å². The highest BCUT2D eigenvalue weighted by Crippen LogP contribution is 2.37. The average Bonchev–Trinajstić information content (AvgIpc) is 2.43. The topological polar surface area (TPSA) is 61.3 Å². The molecule has 0 saturated heterocycles. The van der Waals surface area contributed by atoms with Gasteiger partial charge in [-0.1, -0.05) is 69.2 Å². The van der Waals surface area contributed by atoms with Gasteiger partial charge in [0.15, 0.2) is 0 Å². The first-order valence-corrected chi connectivity index (χ1v) is 9.68. The molecule has 0 radical (unpaired) electrons. The minimum atomic E-state index is 0.0685. The fourth-order valence-electron chi connectivity index (χ4n) is 2.76. The monoisotopic (exact) mass is 342 g/mol. The van der Waals surface area contributed by atoms with Gasteiger partial charge in [-0.2, -0.15) is 0 Å². The molecule has 0 aromatic rings. The number of nitrogens with two attached hydrogens (primary N) is 2. The fourth-order valence-corrected chi connectivity index (χ4v) is 2.76. The molecule has 0 aromatic heterocycles. The molecule has 4 atom stereocenters. The molecule has 4 N–H and O–H groups in total. The van der Waals surface area contributed by atoms with Crippen LogP contribution < -0.4 is 11.5 Å². The van der Waals surface area contributed by atoms with Crippen molar-refractivity contribution in [1.82, 2.24) is 0 Å². The van der Waals surface area contributed by atoms with Gasteiger partial charge in [0.1, 0.15) is 0 Å². The molecule has 0 amide bonds. The Bertz CT molecular complexity index is 357. The Kier molecular flexibility index (Phi) is 8.96. The zero-order valence-electron chi connectivity index (χ0n) is 18.2. The first-order valence-electron chi connectivity index (χ1n) is 9.68. The smallest absolute Gasteiger partial charge is 0.0520 e. The lowest BCUT2D eigenvalue weighted by Gasteiger charge is -2.41. The summed E-state index contributed by atoms with van der Waals surface area (Å²) in [7, 11) is 0. The van der Waals surface area contributed by atoms with E-state index in [1.54, 1.807) is 0 Å². The molecule has 0 aliphatic carbocycles. The maximum absolute atomic E-state index is 6.59. The van der Waals surface area contributed by atoms with Crippen molar-refractivity contribution in [1.29, 1.82) is 0 Å². The second-order valence-electron chi connectivity index (χ2n) is 10.6. The van der Waals surface area contributed by atoms with E-state index in [0.29, 0.717) is 24.3 Å². The van der Waals surface area contributed by atoms with Crippen LogP contribution in [-0.2, 0) is 4.74 Å². The largest absolute Gasteiger partial charge is 0.381 e. The van der Waals surface area contributed by atoms with E-state index in [2.05, 4.69) is 69.2 Å². The molecule has 0 bridgehead atoms. The van der Waals surface area contributed by atoms with Crippen molar-refractivity contribution in [3.63, 3.8) is 0 Å². The molecule has 0 aromatic carbocycles. The lowest BCUT2D eigenvalue weighted by molar-refractivity contribution is -0.00862. The molecule has 0 fully saturated rings. The Labute approximate surface area is 152 Å². The second-order valence-corrected chi connectivity index (χ2v) is 10.6. The van der Waals surface area contributed by atoms with Gasteiger partial charge in [-0.05, 0) is 47.0 Å². The molecule has 0 spiro atoms. The molecule has 0 heterocycles. The van der Waals surface area contributed by atoms with Crippen LogP contribution in [0, 0.1) is 34.0 Å². The third kappa shape index (κ3) is 7.41. The number of hydrogen-bond acceptors (Lipinski definition) is 3. The van der Waals surface area contributed by atoms with Crippen LogP contribution in [0.1, 0.15) is 75.7 Å². The maximum Gasteiger partial charge on any atom is 0.0520 e. The highest BCUT2D eigenvalue weighted by molar-refractivity contribution is 4.88. The van der Waals surface area contributed by atoms with Crippen molar-refractivity contribution in [3.8, 4) is 0 Å². The first-order chi connectivity index (χ1) is 10.6. The van der Waals surface area contributed by atoms with Crippen LogP contribution >= 0.6 is 0 Å². The predicted octanol–water partition coefficient (Wildman–Crippen LogP) is 4.69. The van der Waals surface area contributed by atoms with Crippen LogP contribution in [0.15, 0.2) is 0 Å². The highest BCUT2D eigenvalue weighted by atomic mass is 16.5. The Morgan fingerprint density at radius 2 is 1.33 bits per heavy atom. The van der Waals surface area contributed by atoms with Crippen LogP contribution in [0.4, 0.5) is 0 Å². The quantitative estimate of drug-likeness (QED) is 0.605. The zero-order valence-corrected chi connectivity index (χ0v) is 18.2. The van der Waals surface area contributed by atoms with E-state index >= 15 is 0 Å². The summed E-state index contributed by atoms with van der Waals surface area (Å²) in [5.74, 6) is 1.41. The van der Waals surface area contributed by atoms with Gasteiger partial charge >= 0.3 is 0 Å². The summed E-state index contributed by atoms with van der Waals surface area (Å²) in [5.41, 5.74) is 13.0. The van der Waals surface area contributed by atoms with Crippen molar-refractivity contribution >= 4 is 0 Å². The summed E-state index contributed by atoms with van der Waals surface area (Å²) in [6.45, 7) is 25.0. The van der Waals surface area contributed by atoms with E-state index in [0.717, 1.165) is 19.6 Å². The van der Waals surface area contributed by atoms with E-state index in [1.165, 1.54) is 0 Å². The average molecular weight is 343 g/mol. The Morgan fingerprint density at radius 1 is 0.833 bits per heavy atom. The molecule has 24 heavy (non-hydrogen) atoms. The molecule has 0 rings (SSSR count). The Hall–Kier alpha value is -0.120. The van der Waals surface area contributed by atoms with Gasteiger partial charge in [-0.15, -0.1) is 0 Å². The van der Waals surface area contributed by atoms with Gasteiger partial charge in [0.25, 0.3) is 0 Å². The van der Waals surface area contributed by atoms with Gasteiger partial charge in [-0.3, -0.25) is 0 Å². The van der Waals surface area contributed by atoms with E-state index in [1.807, 2.05) is 0 Å². The number of rotatable bonds is 10. The minimum Gasteiger partial charge on any atom is -0.381 e. The van der Waals surface area contributed by atoms with Crippen LogP contribution in [0.25, 0.3) is 0 Å². The van der Waals surface area contributed by atoms with Crippen LogP contribution in [-0.4, -0.2) is 25.8 Å². The third-order valence-electron chi connectivity index (χ3n) is 6.64. The molecular formula is C21H46N2O. The molecule has 3 nitrogen and oxygen atoms in total. The molecule has 146 valence electrons. The van der Waals surface area contributed by atoms with Crippen LogP contribution in [0.3, 0.4) is 0 Å².